The van der Waals surface area contributed by atoms with E-state index in [0.29, 0.717) is 11.3 Å². The Hall–Kier alpha value is -0.747. The number of hydrogen-bond donors (Lipinski definition) is 0. The molecule has 7 aliphatic rings. The fraction of sp³-hybridized carbons (Fsp3) is 0.622. The van der Waals surface area contributed by atoms with Gasteiger partial charge in [-0.1, -0.05) is 0 Å². The smallest absolute Gasteiger partial charge is 1.00 e. The van der Waals surface area contributed by atoms with Gasteiger partial charge in [0, 0.05) is 0 Å². The molecular weight excluding hydrogens is 703 g/mol. The van der Waals surface area contributed by atoms with Crippen molar-refractivity contribution in [1.29, 1.82) is 0 Å². The molecule has 48 heavy (non-hydrogen) atoms. The Morgan fingerprint density at radius 3 is 1.96 bits per heavy atom. The summed E-state index contributed by atoms with van der Waals surface area (Å²) in [7, 11) is 0. The molecule has 0 N–H and O–H groups in total. The molecule has 2 aromatic carbocycles. The number of allylic oxidation sites excluding steroid dienone is 4. The molecule has 2 aromatic rings. The van der Waals surface area contributed by atoms with E-state index in [-0.39, 0.29) is 35.6 Å². The number of halogens is 2. The molecule has 0 heterocycles. The van der Waals surface area contributed by atoms with Crippen molar-refractivity contribution in [3.05, 3.63) is 73.1 Å². The first kappa shape index (κ1) is 37.0. The second-order valence-corrected chi connectivity index (χ2v) is 25.4. The summed E-state index contributed by atoms with van der Waals surface area (Å²) < 4.78 is 5.93. The summed E-state index contributed by atoms with van der Waals surface area (Å²) in [5.74, 6) is 3.74. The molecule has 0 radical (unpaired) electrons. The molecule has 0 amide bonds. The fourth-order valence-electron chi connectivity index (χ4n) is 11.9. The van der Waals surface area contributed by atoms with Crippen LogP contribution in [0.5, 0.6) is 0 Å². The third-order valence-corrected chi connectivity index (χ3v) is 22.6. The van der Waals surface area contributed by atoms with Crippen molar-refractivity contribution >= 4 is 6.48 Å². The van der Waals surface area contributed by atoms with Crippen molar-refractivity contribution < 1.29 is 46.1 Å². The number of rotatable bonds is 4. The largest absolute Gasteiger partial charge is 1.00 e. The van der Waals surface area contributed by atoms with E-state index in [1.807, 2.05) is 9.76 Å². The summed E-state index contributed by atoms with van der Waals surface area (Å²) >= 11 is -2.44. The van der Waals surface area contributed by atoms with E-state index in [0.717, 1.165) is 24.2 Å². The van der Waals surface area contributed by atoms with Crippen LogP contribution in [0.3, 0.4) is 0 Å². The van der Waals surface area contributed by atoms with Gasteiger partial charge >= 0.3 is 291 Å². The van der Waals surface area contributed by atoms with E-state index >= 15 is 0 Å². The van der Waals surface area contributed by atoms with E-state index in [1.54, 1.807) is 52.7 Å². The molecule has 7 aliphatic carbocycles. The first-order valence-electron chi connectivity index (χ1n) is 19.2. The minimum atomic E-state index is -2.44. The Balaban J connectivity index is 0.00000201. The molecule has 0 nitrogen and oxygen atoms in total. The van der Waals surface area contributed by atoms with Gasteiger partial charge in [0.15, 0.2) is 0 Å². The van der Waals surface area contributed by atoms with Crippen LogP contribution in [0.2, 0.25) is 0 Å². The second kappa shape index (κ2) is 13.3. The Morgan fingerprint density at radius 1 is 0.771 bits per heavy atom. The zero-order chi connectivity index (χ0) is 32.2. The van der Waals surface area contributed by atoms with Gasteiger partial charge in [0.1, 0.15) is 0 Å². The van der Waals surface area contributed by atoms with Crippen molar-refractivity contribution in [3.63, 3.8) is 0 Å². The topological polar surface area (TPSA) is 0 Å². The summed E-state index contributed by atoms with van der Waals surface area (Å²) in [5, 5.41) is 0. The van der Waals surface area contributed by atoms with Crippen LogP contribution in [0.25, 0.3) is 11.1 Å². The van der Waals surface area contributed by atoms with Crippen LogP contribution < -0.4 is 28.1 Å². The van der Waals surface area contributed by atoms with Gasteiger partial charge in [-0.05, 0) is 0 Å². The van der Waals surface area contributed by atoms with Crippen LogP contribution in [0, 0.1) is 29.1 Å². The molecule has 258 valence electrons. The van der Waals surface area contributed by atoms with Gasteiger partial charge in [-0.25, -0.2) is 0 Å². The zero-order valence-electron chi connectivity index (χ0n) is 31.2. The fourth-order valence-corrected chi connectivity index (χ4v) is 22.2. The second-order valence-electron chi connectivity index (χ2n) is 19.2. The third-order valence-electron chi connectivity index (χ3n) is 13.6. The summed E-state index contributed by atoms with van der Waals surface area (Å²) in [5.41, 5.74) is 14.1. The summed E-state index contributed by atoms with van der Waals surface area (Å²) in [6.45, 7) is 19.8. The van der Waals surface area contributed by atoms with Gasteiger partial charge in [0.2, 0.25) is 0 Å². The number of benzene rings is 2. The SMILES string of the molecule is CC1=[C]([Zr+2](=[C]2CCCCC2)[c]2c(C(C)(C)C)ccc3c2Cc2cc(C(C)(C)C)ccc2-3)C(C)C=C1CC12CC3CC(CC(C3)C1)C2.[Cl-].[Cl-]. The normalized spacial score (nSPS) is 28.7. The molecular formula is C45H60Cl2Zr. The van der Waals surface area contributed by atoms with Gasteiger partial charge in [-0.2, -0.15) is 0 Å². The van der Waals surface area contributed by atoms with Crippen LogP contribution in [0.4, 0.5) is 0 Å². The van der Waals surface area contributed by atoms with Crippen molar-refractivity contribution in [2.45, 2.75) is 150 Å². The number of fused-ring (bicyclic) bond motifs is 3. The Kier molecular flexibility index (Phi) is 10.3. The minimum absolute atomic E-state index is 0. The molecule has 0 aliphatic heterocycles. The molecule has 1 atom stereocenters. The van der Waals surface area contributed by atoms with Crippen molar-refractivity contribution in [2.24, 2.45) is 29.1 Å². The molecule has 0 aromatic heterocycles. The minimum Gasteiger partial charge on any atom is -1.00 e. The molecule has 4 bridgehead atoms. The van der Waals surface area contributed by atoms with Crippen LogP contribution in [0.1, 0.15) is 155 Å². The molecule has 5 saturated carbocycles. The van der Waals surface area contributed by atoms with Crippen LogP contribution in [-0.4, -0.2) is 3.21 Å². The van der Waals surface area contributed by atoms with Crippen molar-refractivity contribution in [3.8, 4) is 11.1 Å². The molecule has 9 rings (SSSR count). The predicted octanol–water partition coefficient (Wildman–Crippen LogP) is 5.70. The Labute approximate surface area is 313 Å². The summed E-state index contributed by atoms with van der Waals surface area (Å²) in [4.78, 5) is 0. The first-order chi connectivity index (χ1) is 21.8. The standard InChI is InChI=1S/C21H25.C18H25.C6H10.2ClH.Zr/c1-20(2,3)16-7-9-18-14(12-16)11-15-13-17(21(4,5)6)8-10-19(15)18;1-12-3-13(2)17(4-12)11-18-8-14-5-15(9-18)7-16(6-14)10-18;1-2-4-6-5-3-1;;;/h7-10,12H,11H2,1-6H3;4,12,14-16H,5-11H2,1-2H3;1-5H2;2*1H;/q;;;;;+2/p-2. The van der Waals surface area contributed by atoms with Crippen molar-refractivity contribution in [1.82, 2.24) is 0 Å². The maximum absolute atomic E-state index is 2.82. The summed E-state index contributed by atoms with van der Waals surface area (Å²) in [6.07, 6.45) is 21.7. The quantitative estimate of drug-likeness (QED) is 0.321. The first-order valence-corrected chi connectivity index (χ1v) is 22.9. The third kappa shape index (κ3) is 6.45. The zero-order valence-corrected chi connectivity index (χ0v) is 35.2. The maximum Gasteiger partial charge on any atom is -1.00 e. The van der Waals surface area contributed by atoms with E-state index < -0.39 is 21.3 Å². The number of hydrogen-bond acceptors (Lipinski definition) is 0. The Bertz CT molecular complexity index is 1640. The molecule has 0 saturated heterocycles. The maximum atomic E-state index is 2.82. The van der Waals surface area contributed by atoms with E-state index in [1.165, 1.54) is 68.9 Å². The molecule has 0 spiro atoms. The average Bonchev–Trinajstić information content (AvgIpc) is 3.48. The van der Waals surface area contributed by atoms with Gasteiger partial charge < -0.3 is 24.8 Å². The van der Waals surface area contributed by atoms with Gasteiger partial charge in [0.05, 0.1) is 0 Å². The van der Waals surface area contributed by atoms with Crippen LogP contribution in [-0.2, 0) is 38.5 Å². The van der Waals surface area contributed by atoms with Crippen molar-refractivity contribution in [2.75, 3.05) is 0 Å². The van der Waals surface area contributed by atoms with Gasteiger partial charge in [0.25, 0.3) is 0 Å². The van der Waals surface area contributed by atoms with E-state index in [9.17, 15) is 0 Å². The van der Waals surface area contributed by atoms with Crippen LogP contribution >= 0.6 is 0 Å². The van der Waals surface area contributed by atoms with Crippen LogP contribution in [0.15, 0.2) is 50.8 Å². The predicted molar refractivity (Wildman–Crippen MR) is 195 cm³/mol. The van der Waals surface area contributed by atoms with E-state index in [2.05, 4.69) is 91.8 Å². The molecule has 3 heteroatoms. The van der Waals surface area contributed by atoms with Gasteiger partial charge in [-0.15, -0.1) is 0 Å². The monoisotopic (exact) mass is 760 g/mol. The molecule has 5 fully saturated rings. The van der Waals surface area contributed by atoms with E-state index in [4.69, 9.17) is 0 Å². The van der Waals surface area contributed by atoms with Gasteiger partial charge in [-0.3, -0.25) is 0 Å². The summed E-state index contributed by atoms with van der Waals surface area (Å²) in [6, 6.07) is 12.6. The average molecular weight is 763 g/mol. The Morgan fingerprint density at radius 2 is 1.38 bits per heavy atom. The molecule has 1 unspecified atom stereocenters.